The minimum absolute atomic E-state index is 0.275. The van der Waals surface area contributed by atoms with Crippen molar-refractivity contribution in [1.82, 2.24) is 9.55 Å². The topological polar surface area (TPSA) is 67.5 Å². The summed E-state index contributed by atoms with van der Waals surface area (Å²) in [5.74, 6) is 0.791. The van der Waals surface area contributed by atoms with Gasteiger partial charge in [0, 0.05) is 0 Å². The maximum atomic E-state index is 10.6. The Morgan fingerprint density at radius 3 is 3.00 bits per heavy atom. The molecule has 20 heavy (non-hydrogen) atoms. The number of para-hydroxylation sites is 2. The number of aromatic nitrogens is 2. The molecule has 1 saturated carbocycles. The van der Waals surface area contributed by atoms with Crippen molar-refractivity contribution in [1.29, 1.82) is 0 Å². The van der Waals surface area contributed by atoms with Crippen molar-refractivity contribution < 1.29 is 14.9 Å². The molecule has 5 nitrogen and oxygen atoms in total. The van der Waals surface area contributed by atoms with E-state index in [4.69, 9.17) is 4.74 Å². The highest BCUT2D eigenvalue weighted by molar-refractivity contribution is 5.76. The molecule has 1 aromatic carbocycles. The van der Waals surface area contributed by atoms with Gasteiger partial charge in [-0.25, -0.2) is 4.98 Å². The summed E-state index contributed by atoms with van der Waals surface area (Å²) in [4.78, 5) is 4.50. The molecule has 1 aromatic heterocycles. The number of hydrogen-bond donors (Lipinski definition) is 2. The number of aryl methyl sites for hydroxylation is 1. The lowest BCUT2D eigenvalue weighted by Crippen LogP contribution is -2.44. The molecule has 0 radical (unpaired) electrons. The minimum atomic E-state index is -1.11. The highest BCUT2D eigenvalue weighted by atomic mass is 16.6. The summed E-state index contributed by atoms with van der Waals surface area (Å²) >= 11 is 0. The molecule has 0 bridgehead atoms. The molecule has 5 heteroatoms. The van der Waals surface area contributed by atoms with E-state index in [9.17, 15) is 10.2 Å². The van der Waals surface area contributed by atoms with E-state index in [1.165, 1.54) is 0 Å². The Labute approximate surface area is 116 Å². The van der Waals surface area contributed by atoms with E-state index in [0.717, 1.165) is 29.7 Å². The number of nitrogens with zero attached hydrogens (tertiary/aromatic N) is 2. The fourth-order valence-electron chi connectivity index (χ4n) is 3.68. The van der Waals surface area contributed by atoms with Crippen molar-refractivity contribution in [2.75, 3.05) is 0 Å². The Kier molecular flexibility index (Phi) is 2.49. The second-order valence-corrected chi connectivity index (χ2v) is 5.86. The Morgan fingerprint density at radius 1 is 1.40 bits per heavy atom. The average Bonchev–Trinajstić information content (AvgIpc) is 3.02. The second kappa shape index (κ2) is 4.04. The Hall–Kier alpha value is -1.43. The highest BCUT2D eigenvalue weighted by Gasteiger charge is 2.58. The van der Waals surface area contributed by atoms with Crippen LogP contribution in [0.1, 0.15) is 31.3 Å². The van der Waals surface area contributed by atoms with Gasteiger partial charge in [0.2, 0.25) is 0 Å². The van der Waals surface area contributed by atoms with Gasteiger partial charge in [0.1, 0.15) is 17.5 Å². The fraction of sp³-hybridized carbons (Fsp3) is 0.533. The molecular formula is C15H18N2O3. The van der Waals surface area contributed by atoms with Gasteiger partial charge in [0.05, 0.1) is 17.1 Å². The van der Waals surface area contributed by atoms with Crippen molar-refractivity contribution in [3.05, 3.63) is 30.1 Å². The first-order valence-corrected chi connectivity index (χ1v) is 7.11. The number of hydrogen-bond acceptors (Lipinski definition) is 4. The van der Waals surface area contributed by atoms with Crippen LogP contribution in [0.15, 0.2) is 24.3 Å². The number of ether oxygens (including phenoxy) is 1. The molecule has 2 aliphatic rings. The second-order valence-electron chi connectivity index (χ2n) is 5.86. The number of imidazole rings is 1. The molecule has 1 aliphatic carbocycles. The summed E-state index contributed by atoms with van der Waals surface area (Å²) in [6.45, 7) is 1.90. The molecular weight excluding hydrogens is 256 g/mol. The van der Waals surface area contributed by atoms with Crippen LogP contribution in [0.4, 0.5) is 0 Å². The van der Waals surface area contributed by atoms with Crippen molar-refractivity contribution in [2.24, 2.45) is 0 Å². The predicted molar refractivity (Wildman–Crippen MR) is 73.2 cm³/mol. The lowest BCUT2D eigenvalue weighted by molar-refractivity contribution is -0.0639. The highest BCUT2D eigenvalue weighted by Crippen LogP contribution is 2.47. The van der Waals surface area contributed by atoms with Crippen LogP contribution in [0.25, 0.3) is 11.0 Å². The molecule has 1 saturated heterocycles. The van der Waals surface area contributed by atoms with E-state index in [0.29, 0.717) is 6.42 Å². The average molecular weight is 274 g/mol. The largest absolute Gasteiger partial charge is 0.385 e. The number of benzene rings is 1. The van der Waals surface area contributed by atoms with Crippen molar-refractivity contribution >= 4 is 11.0 Å². The smallest absolute Gasteiger partial charge is 0.164 e. The van der Waals surface area contributed by atoms with E-state index >= 15 is 0 Å². The third-order valence-electron chi connectivity index (χ3n) is 4.71. The van der Waals surface area contributed by atoms with Crippen molar-refractivity contribution in [2.45, 2.75) is 50.2 Å². The number of rotatable bonds is 1. The van der Waals surface area contributed by atoms with Crippen molar-refractivity contribution in [3.8, 4) is 0 Å². The van der Waals surface area contributed by atoms with Gasteiger partial charge in [-0.2, -0.15) is 0 Å². The Bertz CT molecular complexity index is 668. The molecule has 1 aliphatic heterocycles. The van der Waals surface area contributed by atoms with Crippen LogP contribution in [-0.2, 0) is 4.74 Å². The van der Waals surface area contributed by atoms with Gasteiger partial charge in [-0.3, -0.25) is 4.57 Å². The molecule has 2 N–H and O–H groups in total. The molecule has 0 spiro atoms. The summed E-state index contributed by atoms with van der Waals surface area (Å²) in [5, 5.41) is 21.2. The zero-order valence-electron chi connectivity index (χ0n) is 11.4. The maximum absolute atomic E-state index is 10.6. The summed E-state index contributed by atoms with van der Waals surface area (Å²) < 4.78 is 7.86. The van der Waals surface area contributed by atoms with E-state index in [1.54, 1.807) is 0 Å². The predicted octanol–water partition coefficient (Wildman–Crippen LogP) is 1.52. The van der Waals surface area contributed by atoms with E-state index < -0.39 is 17.9 Å². The van der Waals surface area contributed by atoms with Crippen LogP contribution < -0.4 is 0 Å². The summed E-state index contributed by atoms with van der Waals surface area (Å²) in [5.41, 5.74) is 0.699. The monoisotopic (exact) mass is 274 g/mol. The Morgan fingerprint density at radius 2 is 2.20 bits per heavy atom. The molecule has 2 fully saturated rings. The quantitative estimate of drug-likeness (QED) is 0.827. The van der Waals surface area contributed by atoms with Crippen LogP contribution in [0.5, 0.6) is 0 Å². The van der Waals surface area contributed by atoms with Crippen LogP contribution in [0.3, 0.4) is 0 Å². The lowest BCUT2D eigenvalue weighted by atomic mass is 9.94. The Balaban J connectivity index is 1.83. The first kappa shape index (κ1) is 12.3. The zero-order chi connectivity index (χ0) is 13.9. The zero-order valence-corrected chi connectivity index (χ0v) is 11.4. The molecule has 1 unspecified atom stereocenters. The van der Waals surface area contributed by atoms with Crippen LogP contribution in [-0.4, -0.2) is 37.6 Å². The van der Waals surface area contributed by atoms with E-state index in [1.807, 2.05) is 35.8 Å². The first-order chi connectivity index (χ1) is 9.61. The number of aliphatic hydroxyl groups excluding tert-OH is 1. The fourth-order valence-corrected chi connectivity index (χ4v) is 3.68. The van der Waals surface area contributed by atoms with Gasteiger partial charge >= 0.3 is 0 Å². The number of fused-ring (bicyclic) bond motifs is 2. The van der Waals surface area contributed by atoms with Gasteiger partial charge in [-0.15, -0.1) is 0 Å². The molecule has 0 amide bonds. The minimum Gasteiger partial charge on any atom is -0.385 e. The number of aliphatic hydroxyl groups is 2. The van der Waals surface area contributed by atoms with Crippen LogP contribution >= 0.6 is 0 Å². The summed E-state index contributed by atoms with van der Waals surface area (Å²) in [6.07, 6.45) is 0.554. The van der Waals surface area contributed by atoms with Gasteiger partial charge in [-0.05, 0) is 38.3 Å². The summed E-state index contributed by atoms with van der Waals surface area (Å²) in [6, 6.07) is 7.78. The van der Waals surface area contributed by atoms with E-state index in [2.05, 4.69) is 4.98 Å². The molecule has 2 heterocycles. The van der Waals surface area contributed by atoms with Gasteiger partial charge < -0.3 is 14.9 Å². The normalized spacial score (nSPS) is 36.6. The third-order valence-corrected chi connectivity index (χ3v) is 4.71. The van der Waals surface area contributed by atoms with Crippen LogP contribution in [0.2, 0.25) is 0 Å². The SMILES string of the molecule is Cc1nc2ccccc2n1[C@@H]1OC2CCC[C@]2(O)[C@H]1O. The third kappa shape index (κ3) is 1.45. The van der Waals surface area contributed by atoms with Gasteiger partial charge in [0.25, 0.3) is 0 Å². The maximum Gasteiger partial charge on any atom is 0.164 e. The van der Waals surface area contributed by atoms with Gasteiger partial charge in [-0.1, -0.05) is 12.1 Å². The van der Waals surface area contributed by atoms with E-state index in [-0.39, 0.29) is 6.10 Å². The van der Waals surface area contributed by atoms with Gasteiger partial charge in [0.15, 0.2) is 6.23 Å². The van der Waals surface area contributed by atoms with Crippen LogP contribution in [0, 0.1) is 6.92 Å². The van der Waals surface area contributed by atoms with Crippen molar-refractivity contribution in [3.63, 3.8) is 0 Å². The first-order valence-electron chi connectivity index (χ1n) is 7.11. The molecule has 2 aromatic rings. The lowest BCUT2D eigenvalue weighted by Gasteiger charge is -2.25. The molecule has 106 valence electrons. The molecule has 4 atom stereocenters. The summed E-state index contributed by atoms with van der Waals surface area (Å²) in [7, 11) is 0. The standard InChI is InChI=1S/C15H18N2O3/c1-9-16-10-5-2-3-6-11(10)17(9)14-13(18)15(19)8-4-7-12(15)20-14/h2-3,5-6,12-14,18-19H,4,7-8H2,1H3/t12?,13-,14+,15+/m0/s1. The molecule has 4 rings (SSSR count).